The number of aryl methyl sites for hydroxylation is 1. The minimum absolute atomic E-state index is 0.256. The van der Waals surface area contributed by atoms with E-state index in [1.807, 2.05) is 19.2 Å². The Kier molecular flexibility index (Phi) is 5.05. The predicted octanol–water partition coefficient (Wildman–Crippen LogP) is 2.32. The Morgan fingerprint density at radius 1 is 1.23 bits per heavy atom. The van der Waals surface area contributed by atoms with Gasteiger partial charge in [-0.15, -0.1) is 0 Å². The van der Waals surface area contributed by atoms with E-state index in [1.54, 1.807) is 23.1 Å². The van der Waals surface area contributed by atoms with Gasteiger partial charge >= 0.3 is 0 Å². The van der Waals surface area contributed by atoms with Gasteiger partial charge in [0.2, 0.25) is 0 Å². The van der Waals surface area contributed by atoms with Crippen molar-refractivity contribution >= 4 is 0 Å². The van der Waals surface area contributed by atoms with Gasteiger partial charge in [0.25, 0.3) is 0 Å². The van der Waals surface area contributed by atoms with Crippen molar-refractivity contribution in [1.29, 1.82) is 5.26 Å². The van der Waals surface area contributed by atoms with Crippen molar-refractivity contribution in [2.45, 2.75) is 32.7 Å². The second-order valence-corrected chi connectivity index (χ2v) is 6.44. The lowest BCUT2D eigenvalue weighted by molar-refractivity contribution is 0.689. The van der Waals surface area contributed by atoms with Crippen LogP contribution in [0.3, 0.4) is 0 Å². The topological polar surface area (TPSA) is 106 Å². The molecule has 1 aromatic carbocycles. The van der Waals surface area contributed by atoms with Crippen molar-refractivity contribution in [3.63, 3.8) is 0 Å². The summed E-state index contributed by atoms with van der Waals surface area (Å²) in [6.07, 6.45) is 4.00. The van der Waals surface area contributed by atoms with Crippen LogP contribution in [0.5, 0.6) is 0 Å². The fourth-order valence-corrected chi connectivity index (χ4v) is 2.63. The Balaban J connectivity index is 2.03. The number of aromatic nitrogens is 5. The molecular weight excluding hydrogens is 326 g/mol. The van der Waals surface area contributed by atoms with E-state index in [1.165, 1.54) is 0 Å². The molecule has 0 saturated heterocycles. The molecule has 2 heterocycles. The first-order valence-corrected chi connectivity index (χ1v) is 8.46. The van der Waals surface area contributed by atoms with Crippen molar-refractivity contribution in [1.82, 2.24) is 24.7 Å². The summed E-state index contributed by atoms with van der Waals surface area (Å²) in [4.78, 5) is 13.5. The summed E-state index contributed by atoms with van der Waals surface area (Å²) in [7, 11) is 1.88. The van der Waals surface area contributed by atoms with Crippen LogP contribution in [0.2, 0.25) is 0 Å². The molecule has 0 unspecified atom stereocenters. The molecule has 0 spiro atoms. The largest absolute Gasteiger partial charge is 0.326 e. The Labute approximate surface area is 152 Å². The Morgan fingerprint density at radius 3 is 2.54 bits per heavy atom. The van der Waals surface area contributed by atoms with Gasteiger partial charge in [0.15, 0.2) is 11.6 Å². The molecule has 0 amide bonds. The molecule has 0 saturated carbocycles. The lowest BCUT2D eigenvalue weighted by Gasteiger charge is -2.09. The molecule has 0 aliphatic heterocycles. The van der Waals surface area contributed by atoms with Gasteiger partial charge in [0.1, 0.15) is 5.82 Å². The van der Waals surface area contributed by atoms with E-state index < -0.39 is 0 Å². The second kappa shape index (κ2) is 7.42. The van der Waals surface area contributed by atoms with Crippen LogP contribution in [-0.2, 0) is 20.0 Å². The first kappa shape index (κ1) is 17.7. The summed E-state index contributed by atoms with van der Waals surface area (Å²) in [5.41, 5.74) is 8.90. The second-order valence-electron chi connectivity index (χ2n) is 6.44. The van der Waals surface area contributed by atoms with Crippen molar-refractivity contribution in [3.8, 4) is 17.5 Å². The zero-order valence-corrected chi connectivity index (χ0v) is 15.1. The summed E-state index contributed by atoms with van der Waals surface area (Å²) < 4.78 is 1.79. The first-order chi connectivity index (χ1) is 12.5. The molecule has 0 aliphatic carbocycles. The number of hydrogen-bond donors (Lipinski definition) is 1. The van der Waals surface area contributed by atoms with Crippen LogP contribution in [0.15, 0.2) is 30.6 Å². The molecule has 2 aromatic heterocycles. The molecule has 0 aliphatic rings. The quantitative estimate of drug-likeness (QED) is 0.759. The highest BCUT2D eigenvalue weighted by Crippen LogP contribution is 2.24. The lowest BCUT2D eigenvalue weighted by atomic mass is 10.0. The van der Waals surface area contributed by atoms with Crippen molar-refractivity contribution in [2.24, 2.45) is 12.8 Å². The van der Waals surface area contributed by atoms with E-state index in [9.17, 15) is 5.26 Å². The summed E-state index contributed by atoms with van der Waals surface area (Å²) in [6, 6.07) is 7.70. The molecule has 0 bridgehead atoms. The third kappa shape index (κ3) is 3.60. The van der Waals surface area contributed by atoms with E-state index >= 15 is 0 Å². The van der Waals surface area contributed by atoms with Crippen LogP contribution in [-0.4, -0.2) is 24.7 Å². The highest BCUT2D eigenvalue weighted by molar-refractivity contribution is 5.62. The van der Waals surface area contributed by atoms with E-state index in [0.29, 0.717) is 24.4 Å². The molecule has 2 N–H and O–H groups in total. The first-order valence-electron chi connectivity index (χ1n) is 8.46. The maximum Gasteiger partial charge on any atom is 0.159 e. The van der Waals surface area contributed by atoms with Crippen molar-refractivity contribution in [3.05, 3.63) is 58.9 Å². The molecule has 132 valence electrons. The molecule has 7 nitrogen and oxygen atoms in total. The van der Waals surface area contributed by atoms with Gasteiger partial charge in [0, 0.05) is 49.5 Å². The number of hydrogen-bond acceptors (Lipinski definition) is 6. The van der Waals surface area contributed by atoms with Gasteiger partial charge in [-0.3, -0.25) is 4.68 Å². The highest BCUT2D eigenvalue weighted by atomic mass is 15.3. The van der Waals surface area contributed by atoms with Crippen LogP contribution < -0.4 is 5.73 Å². The molecule has 0 atom stereocenters. The Morgan fingerprint density at radius 2 is 1.96 bits per heavy atom. The zero-order valence-electron chi connectivity index (χ0n) is 15.1. The molecular formula is C19H21N7. The van der Waals surface area contributed by atoms with Crippen LogP contribution in [0, 0.1) is 11.3 Å². The van der Waals surface area contributed by atoms with Gasteiger partial charge in [-0.2, -0.15) is 10.4 Å². The number of nitriles is 1. The Hall–Kier alpha value is -3.11. The van der Waals surface area contributed by atoms with Crippen molar-refractivity contribution in [2.75, 3.05) is 0 Å². The minimum atomic E-state index is 0.256. The number of benzene rings is 1. The summed E-state index contributed by atoms with van der Waals surface area (Å²) >= 11 is 0. The van der Waals surface area contributed by atoms with Gasteiger partial charge in [-0.25, -0.2) is 15.0 Å². The fraction of sp³-hybridized carbons (Fsp3) is 0.316. The fourth-order valence-electron chi connectivity index (χ4n) is 2.63. The average molecular weight is 347 g/mol. The maximum atomic E-state index is 9.26. The third-order valence-electron chi connectivity index (χ3n) is 4.15. The van der Waals surface area contributed by atoms with E-state index in [2.05, 4.69) is 40.0 Å². The van der Waals surface area contributed by atoms with Gasteiger partial charge in [-0.1, -0.05) is 13.8 Å². The highest BCUT2D eigenvalue weighted by Gasteiger charge is 2.15. The van der Waals surface area contributed by atoms with Crippen LogP contribution in [0.25, 0.3) is 11.4 Å². The number of nitrogens with two attached hydrogens (primary N) is 1. The lowest BCUT2D eigenvalue weighted by Crippen LogP contribution is -2.04. The van der Waals surface area contributed by atoms with Gasteiger partial charge < -0.3 is 5.73 Å². The predicted molar refractivity (Wildman–Crippen MR) is 98.0 cm³/mol. The molecule has 0 fully saturated rings. The molecule has 0 radical (unpaired) electrons. The van der Waals surface area contributed by atoms with E-state index in [0.717, 1.165) is 28.3 Å². The van der Waals surface area contributed by atoms with Gasteiger partial charge in [-0.05, 0) is 23.8 Å². The minimum Gasteiger partial charge on any atom is -0.326 e. The summed E-state index contributed by atoms with van der Waals surface area (Å²) in [5, 5.41) is 13.7. The molecule has 3 aromatic rings. The third-order valence-corrected chi connectivity index (χ3v) is 4.15. The monoisotopic (exact) mass is 347 g/mol. The van der Waals surface area contributed by atoms with Crippen LogP contribution >= 0.6 is 0 Å². The number of nitrogens with zero attached hydrogens (tertiary/aromatic N) is 6. The summed E-state index contributed by atoms with van der Waals surface area (Å²) in [6.45, 7) is 4.53. The normalized spacial score (nSPS) is 10.9. The standard InChI is InChI=1S/C19H21N7/c1-12(2)18-24-17(26(3)25-18)7-15-6-13(8-20)4-5-16(15)19-22-10-14(9-21)11-23-19/h4-6,10-12H,7,9,21H2,1-3H3. The average Bonchev–Trinajstić information content (AvgIpc) is 3.02. The molecule has 3 rings (SSSR count). The van der Waals surface area contributed by atoms with Crippen LogP contribution in [0.1, 0.15) is 48.1 Å². The Bertz CT molecular complexity index is 949. The zero-order chi connectivity index (χ0) is 18.7. The van der Waals surface area contributed by atoms with Crippen molar-refractivity contribution < 1.29 is 0 Å². The smallest absolute Gasteiger partial charge is 0.159 e. The molecule has 7 heteroatoms. The summed E-state index contributed by atoms with van der Waals surface area (Å²) in [5.74, 6) is 2.51. The van der Waals surface area contributed by atoms with Gasteiger partial charge in [0.05, 0.1) is 11.6 Å². The van der Waals surface area contributed by atoms with E-state index in [4.69, 9.17) is 5.73 Å². The SMILES string of the molecule is CC(C)c1nc(Cc2cc(C#N)ccc2-c2ncc(CN)cn2)n(C)n1. The molecule has 26 heavy (non-hydrogen) atoms. The maximum absolute atomic E-state index is 9.26. The number of rotatable bonds is 5. The van der Waals surface area contributed by atoms with Crippen LogP contribution in [0.4, 0.5) is 0 Å². The van der Waals surface area contributed by atoms with E-state index in [-0.39, 0.29) is 5.92 Å².